The Kier molecular flexibility index (Phi) is 4.17. The maximum absolute atomic E-state index is 12.4. The van der Waals surface area contributed by atoms with E-state index in [0.717, 1.165) is 32.2 Å². The number of unbranched alkanes of at least 4 members (excludes halogenated alkanes) is 1. The van der Waals surface area contributed by atoms with Crippen molar-refractivity contribution in [3.63, 3.8) is 0 Å². The van der Waals surface area contributed by atoms with E-state index in [1.54, 1.807) is 0 Å². The van der Waals surface area contributed by atoms with Crippen LogP contribution in [0.5, 0.6) is 0 Å². The molecule has 98 valence electrons. The fourth-order valence-corrected chi connectivity index (χ4v) is 2.76. The zero-order valence-electron chi connectivity index (χ0n) is 10.9. The molecule has 1 aliphatic rings. The third-order valence-corrected chi connectivity index (χ3v) is 3.82. The van der Waals surface area contributed by atoms with Crippen LogP contribution in [0.4, 0.5) is 0 Å². The maximum Gasteiger partial charge on any atom is 0.261 e. The molecule has 0 radical (unpaired) electrons. The molecule has 1 aromatic rings. The number of hydrogen-bond donors (Lipinski definition) is 1. The largest absolute Gasteiger partial charge is 0.389 e. The molecular weight excluding hydrogens is 244 g/mol. The van der Waals surface area contributed by atoms with Gasteiger partial charge in [0.2, 0.25) is 0 Å². The predicted molar refractivity (Wildman–Crippen MR) is 78.1 cm³/mol. The summed E-state index contributed by atoms with van der Waals surface area (Å²) in [5, 5.41) is 0. The van der Waals surface area contributed by atoms with E-state index in [9.17, 15) is 4.79 Å². The molecule has 2 rings (SSSR count). The first-order valence-electron chi connectivity index (χ1n) is 6.70. The summed E-state index contributed by atoms with van der Waals surface area (Å²) in [6.45, 7) is 2.92. The molecule has 0 saturated carbocycles. The number of thiocarbonyl (C=S) groups is 1. The van der Waals surface area contributed by atoms with E-state index in [-0.39, 0.29) is 10.5 Å². The van der Waals surface area contributed by atoms with Crippen molar-refractivity contribution in [1.29, 1.82) is 0 Å². The molecule has 0 amide bonds. The fraction of sp³-hybridized carbons (Fsp3) is 0.571. The molecule has 0 aliphatic heterocycles. The second kappa shape index (κ2) is 5.65. The zero-order valence-corrected chi connectivity index (χ0v) is 11.7. The molecule has 1 aromatic heterocycles. The van der Waals surface area contributed by atoms with Crippen LogP contribution in [-0.4, -0.2) is 9.56 Å². The van der Waals surface area contributed by atoms with Gasteiger partial charge in [0, 0.05) is 12.2 Å². The van der Waals surface area contributed by atoms with Crippen molar-refractivity contribution >= 4 is 17.2 Å². The normalized spacial score (nSPS) is 14.3. The topological polar surface area (TPSA) is 48.0 Å². The van der Waals surface area contributed by atoms with Gasteiger partial charge in [-0.05, 0) is 43.7 Å². The van der Waals surface area contributed by atoms with Crippen LogP contribution in [0.1, 0.15) is 49.4 Å². The van der Waals surface area contributed by atoms with Gasteiger partial charge in [-0.2, -0.15) is 0 Å². The van der Waals surface area contributed by atoms with E-state index >= 15 is 0 Å². The van der Waals surface area contributed by atoms with Crippen molar-refractivity contribution in [2.45, 2.75) is 52.0 Å². The monoisotopic (exact) mass is 264 g/mol. The number of hydrogen-bond acceptors (Lipinski definition) is 2. The number of aromatic nitrogens is 1. The first kappa shape index (κ1) is 13.3. The van der Waals surface area contributed by atoms with E-state index < -0.39 is 0 Å². The van der Waals surface area contributed by atoms with Gasteiger partial charge in [-0.3, -0.25) is 4.79 Å². The smallest absolute Gasteiger partial charge is 0.261 e. The highest BCUT2D eigenvalue weighted by atomic mass is 32.1. The minimum atomic E-state index is -0.00315. The lowest BCUT2D eigenvalue weighted by molar-refractivity contribution is 0.548. The van der Waals surface area contributed by atoms with Crippen molar-refractivity contribution in [3.05, 3.63) is 33.2 Å². The van der Waals surface area contributed by atoms with E-state index in [1.165, 1.54) is 24.1 Å². The van der Waals surface area contributed by atoms with Gasteiger partial charge in [-0.15, -0.1) is 0 Å². The highest BCUT2D eigenvalue weighted by molar-refractivity contribution is 7.80. The third-order valence-electron chi connectivity index (χ3n) is 3.60. The molecule has 0 bridgehead atoms. The summed E-state index contributed by atoms with van der Waals surface area (Å²) < 4.78 is 1.91. The summed E-state index contributed by atoms with van der Waals surface area (Å²) in [5.41, 5.74) is 8.65. The second-order valence-electron chi connectivity index (χ2n) is 4.91. The number of fused-ring (bicyclic) bond motifs is 1. The van der Waals surface area contributed by atoms with Crippen molar-refractivity contribution < 1.29 is 0 Å². The lowest BCUT2D eigenvalue weighted by Gasteiger charge is -2.22. The van der Waals surface area contributed by atoms with E-state index in [4.69, 9.17) is 18.0 Å². The number of nitrogens with zero attached hydrogens (tertiary/aromatic N) is 1. The van der Waals surface area contributed by atoms with Crippen molar-refractivity contribution in [1.82, 2.24) is 4.57 Å². The number of pyridine rings is 1. The SMILES string of the molecule is CCCCn1c2c(cc(C(N)=S)c1=O)CCCC2. The van der Waals surface area contributed by atoms with Gasteiger partial charge in [0.05, 0.1) is 5.56 Å². The molecule has 2 N–H and O–H groups in total. The number of aryl methyl sites for hydroxylation is 1. The predicted octanol–water partition coefficient (Wildman–Crippen LogP) is 2.16. The Balaban J connectivity index is 2.55. The van der Waals surface area contributed by atoms with Gasteiger partial charge in [-0.25, -0.2) is 0 Å². The van der Waals surface area contributed by atoms with Crippen LogP contribution < -0.4 is 11.3 Å². The fourth-order valence-electron chi connectivity index (χ4n) is 2.61. The maximum atomic E-state index is 12.4. The first-order valence-corrected chi connectivity index (χ1v) is 7.11. The average Bonchev–Trinajstić information content (AvgIpc) is 2.37. The minimum absolute atomic E-state index is 0.00315. The van der Waals surface area contributed by atoms with Crippen LogP contribution in [0.15, 0.2) is 10.9 Å². The molecule has 0 spiro atoms. The lowest BCUT2D eigenvalue weighted by atomic mass is 9.94. The van der Waals surface area contributed by atoms with Crippen LogP contribution in [0.25, 0.3) is 0 Å². The highest BCUT2D eigenvalue weighted by Gasteiger charge is 2.18. The van der Waals surface area contributed by atoms with E-state index in [2.05, 4.69) is 6.92 Å². The molecule has 0 aromatic carbocycles. The van der Waals surface area contributed by atoms with Crippen LogP contribution >= 0.6 is 12.2 Å². The summed E-state index contributed by atoms with van der Waals surface area (Å²) in [6, 6.07) is 1.92. The van der Waals surface area contributed by atoms with Gasteiger partial charge in [0.1, 0.15) is 4.99 Å². The van der Waals surface area contributed by atoms with Crippen LogP contribution in [-0.2, 0) is 19.4 Å². The third kappa shape index (κ3) is 2.48. The summed E-state index contributed by atoms with van der Waals surface area (Å²) in [5.74, 6) is 0. The molecule has 18 heavy (non-hydrogen) atoms. The molecule has 4 heteroatoms. The summed E-state index contributed by atoms with van der Waals surface area (Å²) >= 11 is 4.99. The Hall–Kier alpha value is -1.16. The highest BCUT2D eigenvalue weighted by Crippen LogP contribution is 2.21. The van der Waals surface area contributed by atoms with E-state index in [1.807, 2.05) is 10.6 Å². The Morgan fingerprint density at radius 3 is 2.83 bits per heavy atom. The molecule has 3 nitrogen and oxygen atoms in total. The van der Waals surface area contributed by atoms with Gasteiger partial charge in [0.15, 0.2) is 0 Å². The van der Waals surface area contributed by atoms with Gasteiger partial charge in [0.25, 0.3) is 5.56 Å². The number of nitrogens with two attached hydrogens (primary N) is 1. The molecule has 0 unspecified atom stereocenters. The van der Waals surface area contributed by atoms with Gasteiger partial charge < -0.3 is 10.3 Å². The van der Waals surface area contributed by atoms with Crippen molar-refractivity contribution in [3.8, 4) is 0 Å². The minimum Gasteiger partial charge on any atom is -0.389 e. The average molecular weight is 264 g/mol. The standard InChI is InChI=1S/C14H20N2OS/c1-2-3-8-16-12-7-5-4-6-10(12)9-11(13(15)18)14(16)17/h9H,2-8H2,1H3,(H2,15,18). The van der Waals surface area contributed by atoms with Gasteiger partial charge >= 0.3 is 0 Å². The lowest BCUT2D eigenvalue weighted by Crippen LogP contribution is -2.33. The molecule has 1 heterocycles. The quantitative estimate of drug-likeness (QED) is 0.848. The molecular formula is C14H20N2OS. The van der Waals surface area contributed by atoms with Crippen molar-refractivity contribution in [2.75, 3.05) is 0 Å². The summed E-state index contributed by atoms with van der Waals surface area (Å²) in [6.07, 6.45) is 6.51. The molecule has 0 saturated heterocycles. The Morgan fingerprint density at radius 2 is 2.17 bits per heavy atom. The number of rotatable bonds is 4. The van der Waals surface area contributed by atoms with Crippen LogP contribution in [0.3, 0.4) is 0 Å². The van der Waals surface area contributed by atoms with E-state index in [0.29, 0.717) is 5.56 Å². The van der Waals surface area contributed by atoms with Crippen molar-refractivity contribution in [2.24, 2.45) is 5.73 Å². The molecule has 0 fully saturated rings. The zero-order chi connectivity index (χ0) is 13.1. The van der Waals surface area contributed by atoms with Gasteiger partial charge in [-0.1, -0.05) is 25.6 Å². The second-order valence-corrected chi connectivity index (χ2v) is 5.35. The Morgan fingerprint density at radius 1 is 1.44 bits per heavy atom. The summed E-state index contributed by atoms with van der Waals surface area (Å²) in [4.78, 5) is 12.6. The van der Waals surface area contributed by atoms with Crippen LogP contribution in [0, 0.1) is 0 Å². The van der Waals surface area contributed by atoms with Crippen LogP contribution in [0.2, 0.25) is 0 Å². The Bertz CT molecular complexity index is 519. The molecule has 1 aliphatic carbocycles. The molecule has 0 atom stereocenters. The summed E-state index contributed by atoms with van der Waals surface area (Å²) in [7, 11) is 0. The Labute approximate surface area is 113 Å². The first-order chi connectivity index (χ1) is 8.65.